The molecule has 0 aliphatic rings. The molecule has 0 aliphatic heterocycles. The summed E-state index contributed by atoms with van der Waals surface area (Å²) in [5.74, 6) is 0. The van der Waals surface area contributed by atoms with Gasteiger partial charge in [0.2, 0.25) is 0 Å². The van der Waals surface area contributed by atoms with Crippen LogP contribution in [0.15, 0.2) is 0 Å². The van der Waals surface area contributed by atoms with Gasteiger partial charge in [0.15, 0.2) is 0 Å². The van der Waals surface area contributed by atoms with Gasteiger partial charge in [-0.2, -0.15) is 6.92 Å². The molecule has 0 aromatic heterocycles. The normalized spacial score (nSPS) is 6.00. The number of hydrogen-bond acceptors (Lipinski definition) is 1. The second-order valence-corrected chi connectivity index (χ2v) is 0.750. The predicted molar refractivity (Wildman–Crippen MR) is 34.6 cm³/mol. The predicted octanol–water partition coefficient (Wildman–Crippen LogP) is 1.08. The summed E-state index contributed by atoms with van der Waals surface area (Å²) < 4.78 is 0. The largest absolute Gasteiger partial charge is 3.00 e. The van der Waals surface area contributed by atoms with Crippen LogP contribution in [0.2, 0.25) is 0 Å². The summed E-state index contributed by atoms with van der Waals surface area (Å²) in [5, 5.41) is 2.89. The topological polar surface area (TPSA) is 12.0 Å². The zero-order chi connectivity index (χ0) is 6.12. The minimum Gasteiger partial charge on any atom is -0.376 e. The number of nitrogens with one attached hydrogen (secondary N) is 1. The molecule has 0 aliphatic carbocycles. The molecule has 0 spiro atoms. The quantitative estimate of drug-likeness (QED) is 0.641. The fourth-order valence-corrected chi connectivity index (χ4v) is 0.125. The number of rotatable bonds is 2. The molecular weight excluding hydrogens is 175 g/mol. The standard InChI is InChI=1S/C4H9N.C2H5.Y/c1-3-5-4-2;1-2;/h5H,1-4H2;1H2,2H3;/q-2;-1;+3. The molecule has 0 rings (SSSR count). The first-order valence-corrected chi connectivity index (χ1v) is 2.41. The summed E-state index contributed by atoms with van der Waals surface area (Å²) in [6.45, 7) is 13.6. The van der Waals surface area contributed by atoms with Crippen molar-refractivity contribution in [1.82, 2.24) is 5.32 Å². The summed E-state index contributed by atoms with van der Waals surface area (Å²) in [4.78, 5) is 0. The molecule has 0 saturated heterocycles. The first kappa shape index (κ1) is 16.0. The van der Waals surface area contributed by atoms with Crippen LogP contribution in [-0.2, 0) is 32.7 Å². The van der Waals surface area contributed by atoms with Crippen molar-refractivity contribution < 1.29 is 32.7 Å². The Labute approximate surface area is 78.5 Å². The third-order valence-corrected chi connectivity index (χ3v) is 0.354. The maximum Gasteiger partial charge on any atom is 3.00 e. The van der Waals surface area contributed by atoms with Gasteiger partial charge < -0.3 is 26.1 Å². The van der Waals surface area contributed by atoms with Crippen molar-refractivity contribution in [2.75, 3.05) is 13.1 Å². The molecule has 0 radical (unpaired) electrons. The van der Waals surface area contributed by atoms with Gasteiger partial charge in [-0.15, -0.1) is 13.1 Å². The van der Waals surface area contributed by atoms with Gasteiger partial charge in [0.05, 0.1) is 0 Å². The van der Waals surface area contributed by atoms with Crippen LogP contribution < -0.4 is 5.32 Å². The van der Waals surface area contributed by atoms with E-state index in [-0.39, 0.29) is 32.7 Å². The van der Waals surface area contributed by atoms with Crippen LogP contribution in [0, 0.1) is 20.8 Å². The van der Waals surface area contributed by atoms with E-state index in [0.29, 0.717) is 0 Å². The fourth-order valence-electron chi connectivity index (χ4n) is 0.125. The monoisotopic (exact) mass is 189 g/mol. The molecule has 1 nitrogen and oxygen atoms in total. The zero-order valence-corrected chi connectivity index (χ0v) is 8.45. The Morgan fingerprint density at radius 3 is 1.38 bits per heavy atom. The molecule has 0 amide bonds. The first-order valence-electron chi connectivity index (χ1n) is 2.41. The molecule has 0 heterocycles. The summed E-state index contributed by atoms with van der Waals surface area (Å²) in [5.41, 5.74) is 0. The van der Waals surface area contributed by atoms with E-state index < -0.39 is 0 Å². The molecule has 0 atom stereocenters. The van der Waals surface area contributed by atoms with E-state index in [1.165, 1.54) is 0 Å². The van der Waals surface area contributed by atoms with Crippen LogP contribution in [0.25, 0.3) is 0 Å². The Balaban J connectivity index is -0.0000000750. The van der Waals surface area contributed by atoms with Gasteiger partial charge in [0.1, 0.15) is 0 Å². The second-order valence-electron chi connectivity index (χ2n) is 0.750. The molecule has 0 unspecified atom stereocenters. The van der Waals surface area contributed by atoms with Crippen molar-refractivity contribution in [2.24, 2.45) is 0 Å². The number of hydrogen-bond donors (Lipinski definition) is 1. The Morgan fingerprint density at radius 1 is 1.12 bits per heavy atom. The van der Waals surface area contributed by atoms with Crippen LogP contribution in [0.5, 0.6) is 0 Å². The SMILES string of the molecule is [CH2-]C.[CH2-]CNC[CH2-].[Y+3]. The molecule has 0 bridgehead atoms. The van der Waals surface area contributed by atoms with Gasteiger partial charge in [-0.1, -0.05) is 0 Å². The fraction of sp³-hybridized carbons (Fsp3) is 0.500. The Hall–Kier alpha value is 1.06. The maximum atomic E-state index is 3.52. The first-order chi connectivity index (χ1) is 3.41. The van der Waals surface area contributed by atoms with E-state index in [9.17, 15) is 0 Å². The molecule has 0 saturated carbocycles. The van der Waals surface area contributed by atoms with E-state index in [2.05, 4.69) is 26.1 Å². The summed E-state index contributed by atoms with van der Waals surface area (Å²) in [6.07, 6.45) is 0. The van der Waals surface area contributed by atoms with Crippen molar-refractivity contribution in [3.63, 3.8) is 0 Å². The smallest absolute Gasteiger partial charge is 0.376 e. The van der Waals surface area contributed by atoms with Crippen LogP contribution >= 0.6 is 0 Å². The van der Waals surface area contributed by atoms with Gasteiger partial charge in [0.25, 0.3) is 0 Å². The third kappa shape index (κ3) is 27.7. The molecular formula is C6H14NY. The van der Waals surface area contributed by atoms with Gasteiger partial charge in [-0.05, 0) is 0 Å². The van der Waals surface area contributed by atoms with Crippen LogP contribution in [0.3, 0.4) is 0 Å². The minimum absolute atomic E-state index is 0. The molecule has 1 N–H and O–H groups in total. The summed E-state index contributed by atoms with van der Waals surface area (Å²) >= 11 is 0. The van der Waals surface area contributed by atoms with Crippen LogP contribution in [0.4, 0.5) is 0 Å². The Kier molecular flexibility index (Phi) is 48.8. The van der Waals surface area contributed by atoms with Crippen molar-refractivity contribution >= 4 is 0 Å². The molecule has 2 heteroatoms. The molecule has 46 valence electrons. The minimum atomic E-state index is 0. The van der Waals surface area contributed by atoms with Gasteiger partial charge in [-0.25, -0.2) is 0 Å². The van der Waals surface area contributed by atoms with Gasteiger partial charge in [-0.3, -0.25) is 0 Å². The second kappa shape index (κ2) is 24.4. The van der Waals surface area contributed by atoms with E-state index in [1.54, 1.807) is 6.92 Å². The van der Waals surface area contributed by atoms with E-state index in [0.717, 1.165) is 13.1 Å². The average molecular weight is 189 g/mol. The van der Waals surface area contributed by atoms with Gasteiger partial charge >= 0.3 is 32.7 Å². The van der Waals surface area contributed by atoms with Crippen LogP contribution in [-0.4, -0.2) is 13.1 Å². The molecule has 0 fully saturated rings. The Bertz CT molecular complexity index is 16.0. The van der Waals surface area contributed by atoms with Crippen molar-refractivity contribution in [2.45, 2.75) is 6.92 Å². The van der Waals surface area contributed by atoms with E-state index >= 15 is 0 Å². The van der Waals surface area contributed by atoms with Crippen molar-refractivity contribution in [3.8, 4) is 0 Å². The van der Waals surface area contributed by atoms with Crippen molar-refractivity contribution in [1.29, 1.82) is 0 Å². The maximum absolute atomic E-state index is 3.52. The van der Waals surface area contributed by atoms with Crippen LogP contribution in [0.1, 0.15) is 6.92 Å². The third-order valence-electron chi connectivity index (χ3n) is 0.354. The zero-order valence-electron chi connectivity index (χ0n) is 5.61. The summed E-state index contributed by atoms with van der Waals surface area (Å²) in [7, 11) is 0. The van der Waals surface area contributed by atoms with Crippen molar-refractivity contribution in [3.05, 3.63) is 20.8 Å². The van der Waals surface area contributed by atoms with E-state index in [4.69, 9.17) is 0 Å². The Morgan fingerprint density at radius 2 is 1.38 bits per heavy atom. The average Bonchev–Trinajstić information content (AvgIpc) is 1.75. The molecule has 0 aromatic rings. The van der Waals surface area contributed by atoms with Gasteiger partial charge in [0, 0.05) is 0 Å². The summed E-state index contributed by atoms with van der Waals surface area (Å²) in [6, 6.07) is 0. The van der Waals surface area contributed by atoms with E-state index in [1.807, 2.05) is 0 Å². The molecule has 8 heavy (non-hydrogen) atoms. The molecule has 0 aromatic carbocycles.